The Kier molecular flexibility index (Phi) is 9.64. The number of nitrogens with zero attached hydrogens (tertiary/aromatic N) is 2. The highest BCUT2D eigenvalue weighted by Crippen LogP contribution is 2.50. The molecule has 5 rings (SSSR count). The lowest BCUT2D eigenvalue weighted by Gasteiger charge is -2.44. The highest BCUT2D eigenvalue weighted by Gasteiger charge is 2.54. The minimum Gasteiger partial charge on any atom is -0.264 e. The van der Waals surface area contributed by atoms with Gasteiger partial charge in [-0.25, -0.2) is 12.6 Å². The van der Waals surface area contributed by atoms with Crippen LogP contribution in [0.2, 0.25) is 5.02 Å². The predicted molar refractivity (Wildman–Crippen MR) is 175 cm³/mol. The molecule has 3 atom stereocenters. The van der Waals surface area contributed by atoms with Crippen LogP contribution in [0.15, 0.2) is 88.2 Å². The largest absolute Gasteiger partial charge is 0.285 e. The van der Waals surface area contributed by atoms with Gasteiger partial charge in [0, 0.05) is 22.7 Å². The van der Waals surface area contributed by atoms with E-state index >= 15 is 0 Å². The van der Waals surface area contributed by atoms with E-state index in [4.69, 9.17) is 20.2 Å². The zero-order valence-electron chi connectivity index (χ0n) is 25.3. The van der Waals surface area contributed by atoms with E-state index in [-0.39, 0.29) is 16.9 Å². The van der Waals surface area contributed by atoms with Crippen LogP contribution in [0.25, 0.3) is 0 Å². The fourth-order valence-corrected chi connectivity index (χ4v) is 9.40. The molecule has 3 aromatic rings. The third kappa shape index (κ3) is 6.40. The Morgan fingerprint density at radius 1 is 1.02 bits per heavy atom. The van der Waals surface area contributed by atoms with Gasteiger partial charge in [-0.1, -0.05) is 99.0 Å². The van der Waals surface area contributed by atoms with Crippen molar-refractivity contribution in [2.75, 3.05) is 6.54 Å². The minimum atomic E-state index is -3.86. The van der Waals surface area contributed by atoms with Crippen molar-refractivity contribution < 1.29 is 16.8 Å². The summed E-state index contributed by atoms with van der Waals surface area (Å²) in [7, 11) is -3.86. The third-order valence-corrected chi connectivity index (χ3v) is 12.0. The maximum absolute atomic E-state index is 14.0. The first-order valence-corrected chi connectivity index (χ1v) is 17.9. The molecule has 1 aliphatic heterocycles. The average molecular weight is 641 g/mol. The Morgan fingerprint density at radius 2 is 1.67 bits per heavy atom. The molecule has 1 unspecified atom stereocenters. The van der Waals surface area contributed by atoms with Crippen LogP contribution in [0.3, 0.4) is 0 Å². The number of aryl methyl sites for hydroxylation is 1. The lowest BCUT2D eigenvalue weighted by Crippen LogP contribution is -2.44. The molecular formula is C34H41ClN2O4S2. The van der Waals surface area contributed by atoms with E-state index < -0.39 is 32.9 Å². The lowest BCUT2D eigenvalue weighted by atomic mass is 9.60. The van der Waals surface area contributed by atoms with Gasteiger partial charge in [0.15, 0.2) is 0 Å². The maximum Gasteiger partial charge on any atom is 0.285 e. The van der Waals surface area contributed by atoms with E-state index in [0.29, 0.717) is 30.2 Å². The number of hydrogen-bond donors (Lipinski definition) is 0. The van der Waals surface area contributed by atoms with Crippen LogP contribution in [0, 0.1) is 12.8 Å². The standard InChI is InChI=1S/C34H41ClN2O4S2/c1-5-34(41-42(38)36-31(24-25(2)3)33(20-9-21-33)28-14-16-29(35)17-15-28)22-23-37(32(34)27-10-7-6-8-11-27)43(39,40)30-18-12-26(4)13-19-30/h6-8,10-19,25,32H,5,9,20-24H2,1-4H3/b36-31+/t32-,34?,42+/m1/s1. The fourth-order valence-electron chi connectivity index (χ4n) is 6.55. The first-order chi connectivity index (χ1) is 20.5. The second-order valence-corrected chi connectivity index (χ2v) is 15.4. The lowest BCUT2D eigenvalue weighted by molar-refractivity contribution is 0.0529. The second kappa shape index (κ2) is 12.9. The summed E-state index contributed by atoms with van der Waals surface area (Å²) in [6, 6.07) is 23.7. The van der Waals surface area contributed by atoms with Crippen LogP contribution in [0.1, 0.15) is 82.0 Å². The molecule has 0 N–H and O–H groups in total. The molecule has 230 valence electrons. The van der Waals surface area contributed by atoms with E-state index in [1.54, 1.807) is 24.3 Å². The molecule has 0 spiro atoms. The summed E-state index contributed by atoms with van der Waals surface area (Å²) in [4.78, 5) is 0.235. The van der Waals surface area contributed by atoms with Gasteiger partial charge in [-0.2, -0.15) is 8.70 Å². The van der Waals surface area contributed by atoms with Gasteiger partial charge in [0.2, 0.25) is 10.0 Å². The third-order valence-electron chi connectivity index (χ3n) is 9.06. The summed E-state index contributed by atoms with van der Waals surface area (Å²) in [5.74, 6) is 0.305. The molecule has 2 fully saturated rings. The summed E-state index contributed by atoms with van der Waals surface area (Å²) < 4.78 is 54.9. The molecule has 1 aliphatic carbocycles. The molecule has 1 saturated heterocycles. The number of benzene rings is 3. The molecule has 2 aliphatic rings. The number of halogens is 1. The van der Waals surface area contributed by atoms with Gasteiger partial charge in [0.1, 0.15) is 5.60 Å². The van der Waals surface area contributed by atoms with Gasteiger partial charge in [-0.05, 0) is 80.3 Å². The second-order valence-electron chi connectivity index (χ2n) is 12.3. The van der Waals surface area contributed by atoms with Crippen molar-refractivity contribution >= 4 is 38.6 Å². The fraction of sp³-hybridized carbons (Fsp3) is 0.441. The number of hydrogen-bond acceptors (Lipinski definition) is 4. The van der Waals surface area contributed by atoms with E-state index in [0.717, 1.165) is 41.7 Å². The van der Waals surface area contributed by atoms with Gasteiger partial charge < -0.3 is 0 Å². The first kappa shape index (κ1) is 32.0. The summed E-state index contributed by atoms with van der Waals surface area (Å²) >= 11 is 4.17. The van der Waals surface area contributed by atoms with Crippen LogP contribution in [-0.2, 0) is 30.9 Å². The Balaban J connectivity index is 1.53. The van der Waals surface area contributed by atoms with E-state index in [2.05, 4.69) is 13.8 Å². The Labute approximate surface area is 264 Å². The quantitative estimate of drug-likeness (QED) is 0.198. The predicted octanol–water partition coefficient (Wildman–Crippen LogP) is 8.14. The Hall–Kier alpha value is -2.36. The highest BCUT2D eigenvalue weighted by atomic mass is 35.5. The summed E-state index contributed by atoms with van der Waals surface area (Å²) in [6.45, 7) is 8.42. The van der Waals surface area contributed by atoms with E-state index in [9.17, 15) is 12.6 Å². The normalized spacial score (nSPS) is 23.3. The van der Waals surface area contributed by atoms with E-state index in [1.807, 2.05) is 68.4 Å². The number of rotatable bonds is 11. The molecule has 0 radical (unpaired) electrons. The zero-order chi connectivity index (χ0) is 30.8. The monoisotopic (exact) mass is 640 g/mol. The maximum atomic E-state index is 14.0. The Bertz CT molecular complexity index is 1570. The average Bonchev–Trinajstić information content (AvgIpc) is 3.34. The van der Waals surface area contributed by atoms with Crippen LogP contribution in [0.5, 0.6) is 0 Å². The van der Waals surface area contributed by atoms with Crippen LogP contribution < -0.4 is 0 Å². The molecular weight excluding hydrogens is 600 g/mol. The molecule has 1 saturated carbocycles. The zero-order valence-corrected chi connectivity index (χ0v) is 27.7. The topological polar surface area (TPSA) is 76.0 Å². The molecule has 0 aromatic heterocycles. The Morgan fingerprint density at radius 3 is 2.23 bits per heavy atom. The van der Waals surface area contributed by atoms with Gasteiger partial charge >= 0.3 is 0 Å². The van der Waals surface area contributed by atoms with Crippen molar-refractivity contribution in [3.8, 4) is 0 Å². The molecule has 0 amide bonds. The van der Waals surface area contributed by atoms with Crippen molar-refractivity contribution in [1.82, 2.24) is 4.31 Å². The van der Waals surface area contributed by atoms with Crippen molar-refractivity contribution in [3.05, 3.63) is 101 Å². The molecule has 0 bridgehead atoms. The van der Waals surface area contributed by atoms with Crippen molar-refractivity contribution in [2.24, 2.45) is 10.3 Å². The minimum absolute atomic E-state index is 0.235. The highest BCUT2D eigenvalue weighted by molar-refractivity contribution is 7.89. The van der Waals surface area contributed by atoms with Crippen molar-refractivity contribution in [1.29, 1.82) is 0 Å². The van der Waals surface area contributed by atoms with Crippen LogP contribution in [-0.4, -0.2) is 34.8 Å². The van der Waals surface area contributed by atoms with Gasteiger partial charge in [-0.15, -0.1) is 0 Å². The smallest absolute Gasteiger partial charge is 0.264 e. The molecule has 3 aromatic carbocycles. The van der Waals surface area contributed by atoms with Crippen LogP contribution >= 0.6 is 11.6 Å². The molecule has 6 nitrogen and oxygen atoms in total. The van der Waals surface area contributed by atoms with Crippen molar-refractivity contribution in [3.63, 3.8) is 0 Å². The number of sulfonamides is 1. The summed E-state index contributed by atoms with van der Waals surface area (Å²) in [6.07, 6.45) is 4.46. The molecule has 1 heterocycles. The molecule has 43 heavy (non-hydrogen) atoms. The van der Waals surface area contributed by atoms with Gasteiger partial charge in [0.05, 0.1) is 10.9 Å². The van der Waals surface area contributed by atoms with Gasteiger partial charge in [0.25, 0.3) is 11.3 Å². The van der Waals surface area contributed by atoms with Crippen LogP contribution in [0.4, 0.5) is 0 Å². The van der Waals surface area contributed by atoms with Gasteiger partial charge in [-0.3, -0.25) is 4.18 Å². The summed E-state index contributed by atoms with van der Waals surface area (Å²) in [5.41, 5.74) is 2.46. The van der Waals surface area contributed by atoms with E-state index in [1.165, 1.54) is 4.31 Å². The molecule has 9 heteroatoms. The summed E-state index contributed by atoms with van der Waals surface area (Å²) in [5, 5.41) is 0.677. The van der Waals surface area contributed by atoms with Crippen molar-refractivity contribution in [2.45, 2.75) is 88.2 Å². The SMILES string of the molecule is CCC1(O[S@](=O)/N=C(\CC(C)C)C2(c3ccc(Cl)cc3)CCC2)CCN(S(=O)(=O)c2ccc(C)cc2)[C@@H]1c1ccccc1. The first-order valence-electron chi connectivity index (χ1n) is 15.1.